The molecule has 0 heterocycles. The van der Waals surface area contributed by atoms with E-state index < -0.39 is 0 Å². The van der Waals surface area contributed by atoms with Crippen LogP contribution in [-0.2, 0) is 17.1 Å². The van der Waals surface area contributed by atoms with E-state index in [0.717, 1.165) is 0 Å². The Labute approximate surface area is 109 Å². The molecule has 1 nitrogen and oxygen atoms in total. The summed E-state index contributed by atoms with van der Waals surface area (Å²) in [4.78, 5) is 2.20. The number of hydrogen-bond acceptors (Lipinski definition) is 1. The first-order chi connectivity index (χ1) is 7.22. The van der Waals surface area contributed by atoms with Crippen molar-refractivity contribution in [1.82, 2.24) is 4.90 Å². The van der Waals surface area contributed by atoms with Crippen LogP contribution >= 0.6 is 0 Å². The summed E-state index contributed by atoms with van der Waals surface area (Å²) >= 11 is 0. The molecular weight excluding hydrogens is 238 g/mol. The van der Waals surface area contributed by atoms with Crippen LogP contribution in [0.25, 0.3) is 0 Å². The van der Waals surface area contributed by atoms with Gasteiger partial charge in [0, 0.05) is 0 Å². The minimum atomic E-state index is 0. The van der Waals surface area contributed by atoms with Gasteiger partial charge in [0.2, 0.25) is 0 Å². The third-order valence-electron chi connectivity index (χ3n) is 2.50. The molecule has 0 radical (unpaired) electrons. The summed E-state index contributed by atoms with van der Waals surface area (Å²) in [6.07, 6.45) is 0. The molecule has 0 unspecified atom stereocenters. The molecule has 0 aliphatic rings. The van der Waals surface area contributed by atoms with Gasteiger partial charge in [0.1, 0.15) is 0 Å². The molecule has 0 fully saturated rings. The van der Waals surface area contributed by atoms with Crippen LogP contribution in [0.2, 0.25) is 0 Å². The fourth-order valence-electron chi connectivity index (χ4n) is 1.29. The summed E-state index contributed by atoms with van der Waals surface area (Å²) in [6, 6.07) is 19.0. The van der Waals surface area contributed by atoms with Crippen molar-refractivity contribution in [2.24, 2.45) is 0 Å². The maximum atomic E-state index is 2.20. The van der Waals surface area contributed by atoms with E-state index in [1.807, 2.05) is 30.3 Å². The number of nitrogens with zero attached hydrogens (tertiary/aromatic N) is 1. The normalized spacial score (nSPS) is 11.2. The van der Waals surface area contributed by atoms with Crippen LogP contribution < -0.4 is 0 Å². The van der Waals surface area contributed by atoms with E-state index in [9.17, 15) is 0 Å². The van der Waals surface area contributed by atoms with Gasteiger partial charge in [0.25, 0.3) is 0 Å². The molecule has 2 rings (SSSR count). The molecule has 0 aromatic heterocycles. The molecule has 0 amide bonds. The van der Waals surface area contributed by atoms with Crippen LogP contribution in [-0.4, -0.2) is 19.0 Å². The number of hydrogen-bond donors (Lipinski definition) is 0. The second kappa shape index (κ2) is 8.35. The molecule has 0 spiro atoms. The molecular formula is C14H19FeN. The molecule has 2 aromatic rings. The number of rotatable bonds is 2. The second-order valence-corrected chi connectivity index (χ2v) is 3.82. The zero-order chi connectivity index (χ0) is 11.1. The van der Waals surface area contributed by atoms with E-state index in [1.165, 1.54) is 5.56 Å². The molecule has 0 saturated heterocycles. The zero-order valence-electron chi connectivity index (χ0n) is 10.1. The van der Waals surface area contributed by atoms with E-state index in [1.54, 1.807) is 0 Å². The first-order valence-corrected chi connectivity index (χ1v) is 5.26. The Kier molecular flexibility index (Phi) is 7.92. The van der Waals surface area contributed by atoms with Crippen molar-refractivity contribution in [2.75, 3.05) is 14.1 Å². The van der Waals surface area contributed by atoms with Gasteiger partial charge in [-0.25, -0.2) is 24.3 Å². The van der Waals surface area contributed by atoms with Crippen LogP contribution in [0.4, 0.5) is 0 Å². The van der Waals surface area contributed by atoms with Gasteiger partial charge < -0.3 is 4.90 Å². The van der Waals surface area contributed by atoms with Crippen LogP contribution in [0.5, 0.6) is 0 Å². The SMILES string of the molecule is C[C@@H]([c-]1cccc1)N(C)C.[Fe+2].c1cc[cH-]c1. The van der Waals surface area contributed by atoms with Gasteiger partial charge in [-0.05, 0) is 20.1 Å². The van der Waals surface area contributed by atoms with Gasteiger partial charge in [-0.2, -0.15) is 30.3 Å². The van der Waals surface area contributed by atoms with Crippen LogP contribution in [0.1, 0.15) is 18.5 Å². The molecule has 16 heavy (non-hydrogen) atoms. The average Bonchev–Trinajstić information content (AvgIpc) is 2.92. The summed E-state index contributed by atoms with van der Waals surface area (Å²) in [6.45, 7) is 2.20. The predicted molar refractivity (Wildman–Crippen MR) is 66.2 cm³/mol. The summed E-state index contributed by atoms with van der Waals surface area (Å²) in [5, 5.41) is 0. The van der Waals surface area contributed by atoms with Crippen molar-refractivity contribution in [3.8, 4) is 0 Å². The van der Waals surface area contributed by atoms with E-state index in [0.29, 0.717) is 6.04 Å². The standard InChI is InChI=1S/C9H14N.C5H5.Fe/c1-8(10(2)3)9-6-4-5-7-9;1-2-4-5-3-1;/h4-8H,1-3H3;1-5H;/q2*-1;+2/t8-;;/m0../s1. The molecule has 0 aliphatic heterocycles. The zero-order valence-corrected chi connectivity index (χ0v) is 11.2. The third kappa shape index (κ3) is 5.31. The summed E-state index contributed by atoms with van der Waals surface area (Å²) in [7, 11) is 4.19. The monoisotopic (exact) mass is 257 g/mol. The Morgan fingerprint density at radius 2 is 1.50 bits per heavy atom. The van der Waals surface area contributed by atoms with Crippen molar-refractivity contribution >= 4 is 0 Å². The molecule has 0 saturated carbocycles. The van der Waals surface area contributed by atoms with Crippen molar-refractivity contribution in [3.05, 3.63) is 60.2 Å². The molecule has 0 N–H and O–H groups in total. The molecule has 88 valence electrons. The molecule has 1 atom stereocenters. The first kappa shape index (κ1) is 15.2. The smallest absolute Gasteiger partial charge is 0.314 e. The predicted octanol–water partition coefficient (Wildman–Crippen LogP) is 3.43. The van der Waals surface area contributed by atoms with Crippen LogP contribution in [0, 0.1) is 0 Å². The molecule has 2 aromatic carbocycles. The van der Waals surface area contributed by atoms with Crippen molar-refractivity contribution < 1.29 is 17.1 Å². The van der Waals surface area contributed by atoms with Crippen LogP contribution in [0.15, 0.2) is 54.6 Å². The first-order valence-electron chi connectivity index (χ1n) is 5.26. The van der Waals surface area contributed by atoms with Gasteiger partial charge in [0.15, 0.2) is 0 Å². The van der Waals surface area contributed by atoms with Gasteiger partial charge in [-0.3, -0.25) is 0 Å². The molecule has 2 heteroatoms. The van der Waals surface area contributed by atoms with E-state index in [2.05, 4.69) is 50.2 Å². The van der Waals surface area contributed by atoms with Gasteiger partial charge in [-0.15, -0.1) is 5.56 Å². The quantitative estimate of drug-likeness (QED) is 0.588. The largest absolute Gasteiger partial charge is 2.00 e. The topological polar surface area (TPSA) is 3.24 Å². The maximum absolute atomic E-state index is 2.20. The van der Waals surface area contributed by atoms with Crippen LogP contribution in [0.3, 0.4) is 0 Å². The Balaban J connectivity index is 0.000000318. The van der Waals surface area contributed by atoms with Gasteiger partial charge in [0.05, 0.1) is 0 Å². The third-order valence-corrected chi connectivity index (χ3v) is 2.50. The van der Waals surface area contributed by atoms with Crippen molar-refractivity contribution in [1.29, 1.82) is 0 Å². The van der Waals surface area contributed by atoms with E-state index in [4.69, 9.17) is 0 Å². The minimum absolute atomic E-state index is 0. The Hall–Kier alpha value is -0.821. The van der Waals surface area contributed by atoms with E-state index >= 15 is 0 Å². The van der Waals surface area contributed by atoms with E-state index in [-0.39, 0.29) is 17.1 Å². The Morgan fingerprint density at radius 1 is 1.00 bits per heavy atom. The molecule has 0 aliphatic carbocycles. The maximum Gasteiger partial charge on any atom is 2.00 e. The fraction of sp³-hybridized carbons (Fsp3) is 0.286. The average molecular weight is 257 g/mol. The second-order valence-electron chi connectivity index (χ2n) is 3.82. The van der Waals surface area contributed by atoms with Crippen molar-refractivity contribution in [2.45, 2.75) is 13.0 Å². The Morgan fingerprint density at radius 3 is 1.81 bits per heavy atom. The minimum Gasteiger partial charge on any atom is -0.314 e. The summed E-state index contributed by atoms with van der Waals surface area (Å²) in [5.74, 6) is 0. The summed E-state index contributed by atoms with van der Waals surface area (Å²) in [5.41, 5.74) is 1.39. The molecule has 0 bridgehead atoms. The van der Waals surface area contributed by atoms with Crippen molar-refractivity contribution in [3.63, 3.8) is 0 Å². The van der Waals surface area contributed by atoms with Gasteiger partial charge in [-0.1, -0.05) is 6.92 Å². The Bertz CT molecular complexity index is 304. The summed E-state index contributed by atoms with van der Waals surface area (Å²) < 4.78 is 0. The fourth-order valence-corrected chi connectivity index (χ4v) is 1.29. The van der Waals surface area contributed by atoms with Gasteiger partial charge >= 0.3 is 17.1 Å².